The van der Waals surface area contributed by atoms with Crippen molar-refractivity contribution in [2.24, 2.45) is 13.0 Å². The van der Waals surface area contributed by atoms with Gasteiger partial charge in [0.2, 0.25) is 0 Å². The summed E-state index contributed by atoms with van der Waals surface area (Å²) in [5, 5.41) is 8.16. The third-order valence-corrected chi connectivity index (χ3v) is 4.33. The number of imidazole rings is 1. The second-order valence-corrected chi connectivity index (χ2v) is 5.92. The largest absolute Gasteiger partial charge is 0.340 e. The fourth-order valence-corrected chi connectivity index (χ4v) is 3.08. The number of aromatic nitrogens is 3. The Balaban J connectivity index is 1.94. The molecule has 0 amide bonds. The molecule has 0 radical (unpaired) electrons. The van der Waals surface area contributed by atoms with Crippen LogP contribution in [0.2, 0.25) is 0 Å². The summed E-state index contributed by atoms with van der Waals surface area (Å²) in [5.41, 5.74) is 3.51. The number of allylic oxidation sites excluding steroid dienone is 1. The van der Waals surface area contributed by atoms with E-state index in [9.17, 15) is 0 Å². The van der Waals surface area contributed by atoms with Crippen molar-refractivity contribution in [2.45, 2.75) is 32.1 Å². The molecule has 0 aliphatic heterocycles. The summed E-state index contributed by atoms with van der Waals surface area (Å²) in [7, 11) is 1.96. The van der Waals surface area contributed by atoms with E-state index in [1.54, 1.807) is 6.33 Å². The van der Waals surface area contributed by atoms with Crippen molar-refractivity contribution in [2.75, 3.05) is 0 Å². The third-order valence-electron chi connectivity index (χ3n) is 4.33. The third kappa shape index (κ3) is 2.84. The SMILES string of the molecule is C=C(C1CCCCC1)n1cc(-c2cn(C)cn2)ccc1=N. The Hall–Kier alpha value is -2.10. The summed E-state index contributed by atoms with van der Waals surface area (Å²) in [5.74, 6) is 0.506. The minimum absolute atomic E-state index is 0.491. The molecule has 0 spiro atoms. The molecule has 1 aliphatic carbocycles. The molecule has 1 aliphatic rings. The molecule has 0 aromatic carbocycles. The van der Waals surface area contributed by atoms with Gasteiger partial charge in [0.25, 0.3) is 0 Å². The number of nitrogens with one attached hydrogen (secondary N) is 1. The van der Waals surface area contributed by atoms with E-state index in [-0.39, 0.29) is 0 Å². The number of hydrogen-bond acceptors (Lipinski definition) is 2. The molecule has 2 heterocycles. The first-order chi connectivity index (χ1) is 10.1. The van der Waals surface area contributed by atoms with Gasteiger partial charge in [-0.25, -0.2) is 4.98 Å². The molecule has 2 aromatic heterocycles. The lowest BCUT2D eigenvalue weighted by Crippen LogP contribution is -2.22. The highest BCUT2D eigenvalue weighted by Crippen LogP contribution is 2.31. The first kappa shape index (κ1) is 13.9. The fraction of sp³-hybridized carbons (Fsp3) is 0.412. The maximum atomic E-state index is 8.16. The molecule has 1 N–H and O–H groups in total. The number of aryl methyl sites for hydroxylation is 1. The molecule has 2 aromatic rings. The lowest BCUT2D eigenvalue weighted by molar-refractivity contribution is 0.419. The van der Waals surface area contributed by atoms with Crippen LogP contribution in [-0.2, 0) is 7.05 Å². The molecule has 4 heteroatoms. The van der Waals surface area contributed by atoms with E-state index in [1.807, 2.05) is 40.7 Å². The van der Waals surface area contributed by atoms with Crippen molar-refractivity contribution >= 4 is 5.70 Å². The Labute approximate surface area is 125 Å². The van der Waals surface area contributed by atoms with E-state index in [0.717, 1.165) is 17.0 Å². The Bertz CT molecular complexity index is 702. The van der Waals surface area contributed by atoms with Crippen LogP contribution in [0.15, 0.2) is 37.4 Å². The molecule has 1 fully saturated rings. The number of pyridine rings is 1. The first-order valence-electron chi connectivity index (χ1n) is 7.60. The predicted molar refractivity (Wildman–Crippen MR) is 84.4 cm³/mol. The van der Waals surface area contributed by atoms with Crippen molar-refractivity contribution in [3.05, 3.63) is 42.9 Å². The second-order valence-electron chi connectivity index (χ2n) is 5.92. The van der Waals surface area contributed by atoms with Crippen LogP contribution >= 0.6 is 0 Å². The molecular formula is C17H22N4. The van der Waals surface area contributed by atoms with Gasteiger partial charge in [-0.3, -0.25) is 5.41 Å². The van der Waals surface area contributed by atoms with Crippen LogP contribution in [-0.4, -0.2) is 14.1 Å². The molecule has 3 rings (SSSR count). The zero-order valence-electron chi connectivity index (χ0n) is 12.5. The average molecular weight is 282 g/mol. The summed E-state index contributed by atoms with van der Waals surface area (Å²) >= 11 is 0. The molecule has 21 heavy (non-hydrogen) atoms. The Morgan fingerprint density at radius 2 is 2.00 bits per heavy atom. The van der Waals surface area contributed by atoms with Crippen LogP contribution in [0, 0.1) is 11.3 Å². The van der Waals surface area contributed by atoms with Gasteiger partial charge < -0.3 is 9.13 Å². The lowest BCUT2D eigenvalue weighted by atomic mass is 9.87. The van der Waals surface area contributed by atoms with E-state index < -0.39 is 0 Å². The van der Waals surface area contributed by atoms with E-state index in [0.29, 0.717) is 11.4 Å². The smallest absolute Gasteiger partial charge is 0.129 e. The monoisotopic (exact) mass is 282 g/mol. The van der Waals surface area contributed by atoms with Crippen LogP contribution in [0.5, 0.6) is 0 Å². The van der Waals surface area contributed by atoms with Gasteiger partial charge in [-0.15, -0.1) is 0 Å². The van der Waals surface area contributed by atoms with Crippen LogP contribution in [0.1, 0.15) is 32.1 Å². The standard InChI is InChI=1S/C17H22N4/c1-13(14-6-4-3-5-7-14)21-10-15(8-9-17(21)18)16-11-20(2)12-19-16/h8-12,14,18H,1,3-7H2,2H3. The lowest BCUT2D eigenvalue weighted by Gasteiger charge is -2.25. The molecular weight excluding hydrogens is 260 g/mol. The van der Waals surface area contributed by atoms with Gasteiger partial charge >= 0.3 is 0 Å². The van der Waals surface area contributed by atoms with Crippen LogP contribution in [0.4, 0.5) is 0 Å². The fourth-order valence-electron chi connectivity index (χ4n) is 3.08. The van der Waals surface area contributed by atoms with Gasteiger partial charge in [0.05, 0.1) is 12.0 Å². The highest BCUT2D eigenvalue weighted by atomic mass is 15.0. The molecule has 110 valence electrons. The van der Waals surface area contributed by atoms with Gasteiger partial charge in [0.15, 0.2) is 0 Å². The highest BCUT2D eigenvalue weighted by Gasteiger charge is 2.18. The zero-order valence-corrected chi connectivity index (χ0v) is 12.5. The molecule has 1 saturated carbocycles. The normalized spacial score (nSPS) is 16.0. The topological polar surface area (TPSA) is 46.6 Å². The molecule has 4 nitrogen and oxygen atoms in total. The summed E-state index contributed by atoms with van der Waals surface area (Å²) in [6.07, 6.45) is 12.1. The Morgan fingerprint density at radius 1 is 1.24 bits per heavy atom. The van der Waals surface area contributed by atoms with Gasteiger partial charge in [-0.05, 0) is 30.9 Å². The van der Waals surface area contributed by atoms with Gasteiger partial charge in [0, 0.05) is 30.7 Å². The van der Waals surface area contributed by atoms with E-state index in [2.05, 4.69) is 11.6 Å². The van der Waals surface area contributed by atoms with Gasteiger partial charge in [0.1, 0.15) is 5.49 Å². The van der Waals surface area contributed by atoms with Crippen LogP contribution < -0.4 is 5.49 Å². The Kier molecular flexibility index (Phi) is 3.78. The Morgan fingerprint density at radius 3 is 2.67 bits per heavy atom. The second kappa shape index (κ2) is 5.72. The highest BCUT2D eigenvalue weighted by molar-refractivity contribution is 5.59. The first-order valence-corrected chi connectivity index (χ1v) is 7.60. The maximum Gasteiger partial charge on any atom is 0.129 e. The summed E-state index contributed by atoms with van der Waals surface area (Å²) in [6, 6.07) is 3.79. The van der Waals surface area contributed by atoms with Crippen molar-refractivity contribution in [3.63, 3.8) is 0 Å². The molecule has 0 atom stereocenters. The molecule has 0 unspecified atom stereocenters. The minimum Gasteiger partial charge on any atom is -0.340 e. The quantitative estimate of drug-likeness (QED) is 0.921. The number of hydrogen-bond donors (Lipinski definition) is 1. The molecule has 0 saturated heterocycles. The summed E-state index contributed by atoms with van der Waals surface area (Å²) in [6.45, 7) is 4.27. The van der Waals surface area contributed by atoms with Crippen molar-refractivity contribution in [3.8, 4) is 11.3 Å². The summed E-state index contributed by atoms with van der Waals surface area (Å²) < 4.78 is 3.87. The average Bonchev–Trinajstić information content (AvgIpc) is 2.94. The van der Waals surface area contributed by atoms with Crippen LogP contribution in [0.25, 0.3) is 17.0 Å². The number of rotatable bonds is 3. The van der Waals surface area contributed by atoms with E-state index in [4.69, 9.17) is 5.41 Å². The molecule has 0 bridgehead atoms. The van der Waals surface area contributed by atoms with E-state index in [1.165, 1.54) is 32.1 Å². The number of nitrogens with zero attached hydrogens (tertiary/aromatic N) is 3. The maximum absolute atomic E-state index is 8.16. The minimum atomic E-state index is 0.491. The van der Waals surface area contributed by atoms with Crippen LogP contribution in [0.3, 0.4) is 0 Å². The van der Waals surface area contributed by atoms with E-state index >= 15 is 0 Å². The predicted octanol–water partition coefficient (Wildman–Crippen LogP) is 3.42. The van der Waals surface area contributed by atoms with Crippen molar-refractivity contribution < 1.29 is 0 Å². The van der Waals surface area contributed by atoms with Gasteiger partial charge in [-0.1, -0.05) is 25.8 Å². The van der Waals surface area contributed by atoms with Gasteiger partial charge in [-0.2, -0.15) is 0 Å². The van der Waals surface area contributed by atoms with Crippen molar-refractivity contribution in [1.82, 2.24) is 14.1 Å². The summed E-state index contributed by atoms with van der Waals surface area (Å²) in [4.78, 5) is 4.39. The van der Waals surface area contributed by atoms with Crippen molar-refractivity contribution in [1.29, 1.82) is 5.41 Å². The zero-order chi connectivity index (χ0) is 14.8.